The van der Waals surface area contributed by atoms with Crippen molar-refractivity contribution in [2.75, 3.05) is 32.7 Å². The van der Waals surface area contributed by atoms with Crippen molar-refractivity contribution in [2.24, 2.45) is 4.99 Å². The van der Waals surface area contributed by atoms with Crippen LogP contribution in [0.2, 0.25) is 0 Å². The van der Waals surface area contributed by atoms with Crippen LogP contribution in [0.5, 0.6) is 0 Å². The maximum Gasteiger partial charge on any atom is 0.191 e. The molecule has 1 saturated heterocycles. The van der Waals surface area contributed by atoms with E-state index >= 15 is 0 Å². The van der Waals surface area contributed by atoms with E-state index in [9.17, 15) is 0 Å². The summed E-state index contributed by atoms with van der Waals surface area (Å²) in [4.78, 5) is 11.9. The van der Waals surface area contributed by atoms with Gasteiger partial charge in [-0.25, -0.2) is 4.98 Å². The third-order valence-electron chi connectivity index (χ3n) is 5.00. The SMILES string of the molecule is CCNC(=NCC(c1ccco1)N1CCCC1)NCCCCc1nc(C)cs1.I. The van der Waals surface area contributed by atoms with Crippen molar-refractivity contribution in [3.63, 3.8) is 0 Å². The molecule has 29 heavy (non-hydrogen) atoms. The van der Waals surface area contributed by atoms with E-state index in [-0.39, 0.29) is 30.0 Å². The zero-order valence-corrected chi connectivity index (χ0v) is 20.7. The fraction of sp³-hybridized carbons (Fsp3) is 0.619. The van der Waals surface area contributed by atoms with Gasteiger partial charge in [0.25, 0.3) is 0 Å². The lowest BCUT2D eigenvalue weighted by molar-refractivity contribution is 0.221. The summed E-state index contributed by atoms with van der Waals surface area (Å²) in [7, 11) is 0. The van der Waals surface area contributed by atoms with Gasteiger partial charge in [0.1, 0.15) is 5.76 Å². The monoisotopic (exact) mass is 531 g/mol. The minimum atomic E-state index is 0. The number of aliphatic imine (C=N–C) groups is 1. The molecule has 2 N–H and O–H groups in total. The lowest BCUT2D eigenvalue weighted by Crippen LogP contribution is -2.38. The van der Waals surface area contributed by atoms with Crippen LogP contribution in [-0.2, 0) is 6.42 Å². The van der Waals surface area contributed by atoms with Crippen LogP contribution in [0.3, 0.4) is 0 Å². The predicted molar refractivity (Wildman–Crippen MR) is 131 cm³/mol. The summed E-state index contributed by atoms with van der Waals surface area (Å²) in [6.45, 7) is 8.90. The highest BCUT2D eigenvalue weighted by Crippen LogP contribution is 2.25. The van der Waals surface area contributed by atoms with Crippen molar-refractivity contribution in [2.45, 2.75) is 52.0 Å². The van der Waals surface area contributed by atoms with Gasteiger partial charge in [0.15, 0.2) is 5.96 Å². The molecule has 2 aromatic rings. The number of halogens is 1. The molecule has 0 spiro atoms. The van der Waals surface area contributed by atoms with Crippen LogP contribution in [0.15, 0.2) is 33.2 Å². The van der Waals surface area contributed by atoms with Gasteiger partial charge in [0.05, 0.1) is 23.9 Å². The lowest BCUT2D eigenvalue weighted by Gasteiger charge is -2.24. The second-order valence-corrected chi connectivity index (χ2v) is 8.20. The summed E-state index contributed by atoms with van der Waals surface area (Å²) < 4.78 is 5.70. The molecular formula is C21H34IN5OS. The van der Waals surface area contributed by atoms with Crippen LogP contribution in [0, 0.1) is 6.92 Å². The number of thiazole rings is 1. The van der Waals surface area contributed by atoms with Gasteiger partial charge >= 0.3 is 0 Å². The van der Waals surface area contributed by atoms with E-state index in [1.165, 1.54) is 17.8 Å². The number of unbranched alkanes of at least 4 members (excludes halogenated alkanes) is 1. The largest absolute Gasteiger partial charge is 0.468 e. The highest BCUT2D eigenvalue weighted by atomic mass is 127. The Labute approximate surface area is 195 Å². The molecule has 1 aliphatic rings. The van der Waals surface area contributed by atoms with Crippen LogP contribution >= 0.6 is 35.3 Å². The molecule has 162 valence electrons. The number of guanidine groups is 1. The van der Waals surface area contributed by atoms with Crippen molar-refractivity contribution < 1.29 is 4.42 Å². The maximum atomic E-state index is 5.70. The quantitative estimate of drug-likeness (QED) is 0.206. The summed E-state index contributed by atoms with van der Waals surface area (Å²) >= 11 is 1.76. The molecule has 0 saturated carbocycles. The Bertz CT molecular complexity index is 712. The molecule has 0 bridgehead atoms. The number of nitrogens with one attached hydrogen (secondary N) is 2. The van der Waals surface area contributed by atoms with E-state index in [1.807, 2.05) is 6.07 Å². The van der Waals surface area contributed by atoms with Crippen molar-refractivity contribution in [3.8, 4) is 0 Å². The zero-order chi connectivity index (χ0) is 19.6. The van der Waals surface area contributed by atoms with E-state index in [0.29, 0.717) is 6.54 Å². The molecule has 1 atom stereocenters. The molecule has 0 amide bonds. The molecule has 2 aromatic heterocycles. The topological polar surface area (TPSA) is 65.7 Å². The first-order chi connectivity index (χ1) is 13.8. The van der Waals surface area contributed by atoms with Gasteiger partial charge in [0.2, 0.25) is 0 Å². The average Bonchev–Trinajstić information content (AvgIpc) is 3.45. The van der Waals surface area contributed by atoms with Gasteiger partial charge in [-0.1, -0.05) is 0 Å². The molecule has 0 aliphatic carbocycles. The molecule has 1 fully saturated rings. The third-order valence-corrected chi connectivity index (χ3v) is 6.02. The number of hydrogen-bond acceptors (Lipinski definition) is 5. The Morgan fingerprint density at radius 2 is 2.14 bits per heavy atom. The molecule has 3 heterocycles. The standard InChI is InChI=1S/C21H33N5OS.HI/c1-3-22-21(23-11-5-4-10-20-25-17(2)16-28-20)24-15-18(19-9-8-14-27-19)26-12-6-7-13-26;/h8-9,14,16,18H,3-7,10-13,15H2,1-2H3,(H2,22,23,24);1H. The van der Waals surface area contributed by atoms with Crippen LogP contribution in [0.1, 0.15) is 55.1 Å². The van der Waals surface area contributed by atoms with Crippen LogP contribution in [0.25, 0.3) is 0 Å². The van der Waals surface area contributed by atoms with E-state index in [1.54, 1.807) is 17.6 Å². The lowest BCUT2D eigenvalue weighted by atomic mass is 10.2. The van der Waals surface area contributed by atoms with Crippen LogP contribution in [0.4, 0.5) is 0 Å². The summed E-state index contributed by atoms with van der Waals surface area (Å²) in [6, 6.07) is 4.26. The summed E-state index contributed by atoms with van der Waals surface area (Å²) in [5.74, 6) is 1.91. The number of furan rings is 1. The number of aryl methyl sites for hydroxylation is 2. The molecule has 1 aliphatic heterocycles. The van der Waals surface area contributed by atoms with E-state index < -0.39 is 0 Å². The second kappa shape index (κ2) is 13.2. The molecule has 1 unspecified atom stereocenters. The van der Waals surface area contributed by atoms with Crippen LogP contribution < -0.4 is 10.6 Å². The van der Waals surface area contributed by atoms with Crippen molar-refractivity contribution in [1.82, 2.24) is 20.5 Å². The van der Waals surface area contributed by atoms with Gasteiger partial charge < -0.3 is 15.1 Å². The molecule has 0 aromatic carbocycles. The number of aromatic nitrogens is 1. The van der Waals surface area contributed by atoms with Crippen molar-refractivity contribution in [1.29, 1.82) is 0 Å². The van der Waals surface area contributed by atoms with Gasteiger partial charge in [-0.15, -0.1) is 35.3 Å². The minimum Gasteiger partial charge on any atom is -0.468 e. The third kappa shape index (κ3) is 7.90. The molecule has 6 nitrogen and oxygen atoms in total. The van der Waals surface area contributed by atoms with Gasteiger partial charge in [-0.05, 0) is 71.2 Å². The number of hydrogen-bond donors (Lipinski definition) is 2. The first-order valence-electron chi connectivity index (χ1n) is 10.5. The first-order valence-corrected chi connectivity index (χ1v) is 11.3. The van der Waals surface area contributed by atoms with E-state index in [2.05, 4.69) is 45.8 Å². The Hall–Kier alpha value is -1.13. The summed E-state index contributed by atoms with van der Waals surface area (Å²) in [5.41, 5.74) is 1.13. The second-order valence-electron chi connectivity index (χ2n) is 7.26. The van der Waals surface area contributed by atoms with Gasteiger partial charge in [-0.2, -0.15) is 0 Å². The molecule has 8 heteroatoms. The Balaban J connectivity index is 0.00000300. The van der Waals surface area contributed by atoms with Crippen LogP contribution in [-0.4, -0.2) is 48.6 Å². The highest BCUT2D eigenvalue weighted by molar-refractivity contribution is 14.0. The number of likely N-dealkylation sites (tertiary alicyclic amines) is 1. The predicted octanol–water partition coefficient (Wildman–Crippen LogP) is 4.38. The number of rotatable bonds is 10. The first kappa shape index (κ1) is 24.1. The fourth-order valence-electron chi connectivity index (χ4n) is 3.56. The van der Waals surface area contributed by atoms with Gasteiger partial charge in [0, 0.05) is 24.2 Å². The van der Waals surface area contributed by atoms with Gasteiger partial charge in [-0.3, -0.25) is 9.89 Å². The fourth-order valence-corrected chi connectivity index (χ4v) is 4.38. The summed E-state index contributed by atoms with van der Waals surface area (Å²) in [5, 5.41) is 10.2. The molecule has 3 rings (SSSR count). The average molecular weight is 532 g/mol. The van der Waals surface area contributed by atoms with Crippen molar-refractivity contribution >= 4 is 41.3 Å². The Morgan fingerprint density at radius 1 is 1.31 bits per heavy atom. The molecule has 0 radical (unpaired) electrons. The zero-order valence-electron chi connectivity index (χ0n) is 17.5. The minimum absolute atomic E-state index is 0. The number of nitrogens with zero attached hydrogens (tertiary/aromatic N) is 3. The summed E-state index contributed by atoms with van der Waals surface area (Å²) in [6.07, 6.45) is 7.59. The smallest absolute Gasteiger partial charge is 0.191 e. The van der Waals surface area contributed by atoms with E-state index in [0.717, 1.165) is 62.9 Å². The maximum absolute atomic E-state index is 5.70. The Morgan fingerprint density at radius 3 is 2.79 bits per heavy atom. The van der Waals surface area contributed by atoms with E-state index in [4.69, 9.17) is 9.41 Å². The Kier molecular flexibility index (Phi) is 11.0. The highest BCUT2D eigenvalue weighted by Gasteiger charge is 2.25. The van der Waals surface area contributed by atoms with Crippen molar-refractivity contribution in [3.05, 3.63) is 40.2 Å². The molecular weight excluding hydrogens is 497 g/mol. The normalized spacial score (nSPS) is 15.9.